The van der Waals surface area contributed by atoms with Crippen molar-refractivity contribution in [3.05, 3.63) is 0 Å². The van der Waals surface area contributed by atoms with Gasteiger partial charge in [-0.2, -0.15) is 0 Å². The standard InChI is InChI=1S/C13H26N2O9/c1-21-12-7(15)10(20)11(5(3-17)23-12)24-13-6(14)9(19)8(18)4(2-16)22-13/h4-13,16-20H,2-3,14-15H2,1H3/t4?,5?,6-,7+,8?,9?,10+,11?,12-,13+/m0/s1. The van der Waals surface area contributed by atoms with E-state index in [0.717, 1.165) is 0 Å². The summed E-state index contributed by atoms with van der Waals surface area (Å²) in [6.07, 6.45) is -9.46. The zero-order valence-electron chi connectivity index (χ0n) is 13.2. The van der Waals surface area contributed by atoms with Crippen LogP contribution in [0.1, 0.15) is 0 Å². The second-order valence-corrected chi connectivity index (χ2v) is 5.91. The van der Waals surface area contributed by atoms with Crippen molar-refractivity contribution in [2.24, 2.45) is 11.5 Å². The third-order valence-corrected chi connectivity index (χ3v) is 4.35. The molecule has 0 saturated carbocycles. The van der Waals surface area contributed by atoms with Crippen LogP contribution in [0.15, 0.2) is 0 Å². The largest absolute Gasteiger partial charge is 0.394 e. The SMILES string of the molecule is CO[C@H]1OC(CO)C(O[C@H]2OC(CO)C(O)C(O)[C@@H]2N)[C@H](O)[C@H]1N. The number of aliphatic hydroxyl groups excluding tert-OH is 5. The topological polar surface area (TPSA) is 190 Å². The van der Waals surface area contributed by atoms with Crippen molar-refractivity contribution < 1.29 is 44.5 Å². The maximum Gasteiger partial charge on any atom is 0.176 e. The van der Waals surface area contributed by atoms with Gasteiger partial charge in [0.1, 0.15) is 36.6 Å². The summed E-state index contributed by atoms with van der Waals surface area (Å²) in [5.41, 5.74) is 11.6. The Kier molecular flexibility index (Phi) is 6.87. The molecule has 0 aromatic heterocycles. The molecule has 0 bridgehead atoms. The Hall–Kier alpha value is -0.440. The predicted molar refractivity (Wildman–Crippen MR) is 77.3 cm³/mol. The lowest BCUT2D eigenvalue weighted by molar-refractivity contribution is -0.326. The molecule has 0 aliphatic carbocycles. The molecule has 0 radical (unpaired) electrons. The third kappa shape index (κ3) is 3.71. The van der Waals surface area contributed by atoms with Crippen LogP contribution in [0.5, 0.6) is 0 Å². The van der Waals surface area contributed by atoms with E-state index in [9.17, 15) is 25.5 Å². The highest BCUT2D eigenvalue weighted by atomic mass is 16.7. The summed E-state index contributed by atoms with van der Waals surface area (Å²) in [4.78, 5) is 0. The van der Waals surface area contributed by atoms with E-state index in [0.29, 0.717) is 0 Å². The fourth-order valence-electron chi connectivity index (χ4n) is 2.85. The molecule has 2 fully saturated rings. The van der Waals surface area contributed by atoms with E-state index in [2.05, 4.69) is 0 Å². The summed E-state index contributed by atoms with van der Waals surface area (Å²) < 4.78 is 21.3. The van der Waals surface area contributed by atoms with E-state index in [1.165, 1.54) is 7.11 Å². The van der Waals surface area contributed by atoms with Crippen molar-refractivity contribution >= 4 is 0 Å². The number of ether oxygens (including phenoxy) is 4. The molecule has 142 valence electrons. The third-order valence-electron chi connectivity index (χ3n) is 4.35. The highest BCUT2D eigenvalue weighted by Gasteiger charge is 2.49. The Bertz CT molecular complexity index is 400. The first-order chi connectivity index (χ1) is 11.3. The molecule has 2 heterocycles. The lowest BCUT2D eigenvalue weighted by Gasteiger charge is -2.46. The van der Waals surface area contributed by atoms with Gasteiger partial charge < -0.3 is 55.9 Å². The molecule has 5 unspecified atom stereocenters. The number of methoxy groups -OCH3 is 1. The van der Waals surface area contributed by atoms with Gasteiger partial charge in [0.15, 0.2) is 12.6 Å². The summed E-state index contributed by atoms with van der Waals surface area (Å²) in [6, 6.07) is -2.10. The number of nitrogens with two attached hydrogens (primary N) is 2. The van der Waals surface area contributed by atoms with Crippen molar-refractivity contribution in [2.75, 3.05) is 20.3 Å². The van der Waals surface area contributed by atoms with Gasteiger partial charge in [-0.05, 0) is 0 Å². The first kappa shape index (κ1) is 19.9. The predicted octanol–water partition coefficient (Wildman–Crippen LogP) is -4.81. The lowest BCUT2D eigenvalue weighted by atomic mass is 9.95. The van der Waals surface area contributed by atoms with Crippen LogP contribution >= 0.6 is 0 Å². The normalized spacial score (nSPS) is 50.0. The second-order valence-electron chi connectivity index (χ2n) is 5.91. The Balaban J connectivity index is 2.12. The fourth-order valence-corrected chi connectivity index (χ4v) is 2.85. The molecule has 2 saturated heterocycles. The zero-order valence-corrected chi connectivity index (χ0v) is 13.2. The van der Waals surface area contributed by atoms with E-state index in [1.807, 2.05) is 0 Å². The van der Waals surface area contributed by atoms with Crippen LogP contribution in [0.25, 0.3) is 0 Å². The second kappa shape index (κ2) is 8.29. The minimum atomic E-state index is -1.41. The van der Waals surface area contributed by atoms with Gasteiger partial charge in [0.25, 0.3) is 0 Å². The van der Waals surface area contributed by atoms with Crippen LogP contribution in [-0.2, 0) is 18.9 Å². The maximum absolute atomic E-state index is 10.3. The molecule has 11 heteroatoms. The van der Waals surface area contributed by atoms with E-state index in [4.69, 9.17) is 30.4 Å². The Labute approximate surface area is 138 Å². The summed E-state index contributed by atoms with van der Waals surface area (Å²) >= 11 is 0. The van der Waals surface area contributed by atoms with Crippen LogP contribution in [-0.4, -0.2) is 107 Å². The molecule has 0 spiro atoms. The molecule has 0 aromatic carbocycles. The average molecular weight is 354 g/mol. The summed E-state index contributed by atoms with van der Waals surface area (Å²) in [5, 5.41) is 48.7. The van der Waals surface area contributed by atoms with Crippen molar-refractivity contribution in [3.8, 4) is 0 Å². The molecule has 2 aliphatic rings. The van der Waals surface area contributed by atoms with Gasteiger partial charge >= 0.3 is 0 Å². The molecule has 0 amide bonds. The molecular formula is C13H26N2O9. The molecule has 24 heavy (non-hydrogen) atoms. The van der Waals surface area contributed by atoms with Crippen molar-refractivity contribution in [3.63, 3.8) is 0 Å². The summed E-state index contributed by atoms with van der Waals surface area (Å²) in [7, 11) is 1.34. The zero-order chi connectivity index (χ0) is 18.0. The van der Waals surface area contributed by atoms with Gasteiger partial charge in [-0.1, -0.05) is 0 Å². The van der Waals surface area contributed by atoms with E-state index < -0.39 is 74.5 Å². The van der Waals surface area contributed by atoms with Crippen LogP contribution in [0.2, 0.25) is 0 Å². The number of hydrogen-bond acceptors (Lipinski definition) is 11. The molecule has 11 nitrogen and oxygen atoms in total. The summed E-state index contributed by atoms with van der Waals surface area (Å²) in [5.74, 6) is 0. The minimum Gasteiger partial charge on any atom is -0.394 e. The minimum absolute atomic E-state index is 0.495. The molecular weight excluding hydrogens is 328 g/mol. The van der Waals surface area contributed by atoms with Gasteiger partial charge in [0, 0.05) is 7.11 Å². The van der Waals surface area contributed by atoms with Crippen molar-refractivity contribution in [1.29, 1.82) is 0 Å². The van der Waals surface area contributed by atoms with Gasteiger partial charge in [0.2, 0.25) is 0 Å². The quantitative estimate of drug-likeness (QED) is 0.251. The summed E-state index contributed by atoms with van der Waals surface area (Å²) in [6.45, 7) is -1.06. The first-order valence-electron chi connectivity index (χ1n) is 7.62. The molecule has 10 atom stereocenters. The Morgan fingerprint density at radius 1 is 0.833 bits per heavy atom. The monoisotopic (exact) mass is 354 g/mol. The van der Waals surface area contributed by atoms with Crippen LogP contribution in [0.4, 0.5) is 0 Å². The molecule has 2 rings (SSSR count). The Morgan fingerprint density at radius 2 is 1.38 bits per heavy atom. The van der Waals surface area contributed by atoms with Gasteiger partial charge in [-0.15, -0.1) is 0 Å². The first-order valence-corrected chi connectivity index (χ1v) is 7.62. The number of hydrogen-bond donors (Lipinski definition) is 7. The van der Waals surface area contributed by atoms with Crippen molar-refractivity contribution in [2.45, 2.75) is 61.3 Å². The van der Waals surface area contributed by atoms with Crippen molar-refractivity contribution in [1.82, 2.24) is 0 Å². The highest BCUT2D eigenvalue weighted by Crippen LogP contribution is 2.28. The number of rotatable bonds is 5. The molecule has 2 aliphatic heterocycles. The smallest absolute Gasteiger partial charge is 0.176 e. The Morgan fingerprint density at radius 3 is 1.92 bits per heavy atom. The van der Waals surface area contributed by atoms with Crippen LogP contribution in [0, 0.1) is 0 Å². The van der Waals surface area contributed by atoms with Gasteiger partial charge in [-0.3, -0.25) is 0 Å². The molecule has 0 aromatic rings. The van der Waals surface area contributed by atoms with E-state index in [1.54, 1.807) is 0 Å². The van der Waals surface area contributed by atoms with Crippen LogP contribution in [0.3, 0.4) is 0 Å². The van der Waals surface area contributed by atoms with Gasteiger partial charge in [0.05, 0.1) is 25.3 Å². The van der Waals surface area contributed by atoms with Gasteiger partial charge in [-0.25, -0.2) is 0 Å². The lowest BCUT2D eigenvalue weighted by Crippen LogP contribution is -2.67. The number of aliphatic hydroxyl groups is 5. The maximum atomic E-state index is 10.3. The average Bonchev–Trinajstić information content (AvgIpc) is 2.59. The van der Waals surface area contributed by atoms with E-state index in [-0.39, 0.29) is 0 Å². The molecule has 9 N–H and O–H groups in total. The van der Waals surface area contributed by atoms with Crippen LogP contribution < -0.4 is 11.5 Å². The highest BCUT2D eigenvalue weighted by molar-refractivity contribution is 4.96. The fraction of sp³-hybridized carbons (Fsp3) is 1.00. The van der Waals surface area contributed by atoms with E-state index >= 15 is 0 Å².